The number of benzene rings is 6. The van der Waals surface area contributed by atoms with E-state index in [1.54, 1.807) is 38.1 Å². The summed E-state index contributed by atoms with van der Waals surface area (Å²) in [6, 6.07) is 9.80. The highest BCUT2D eigenvalue weighted by molar-refractivity contribution is 7.53. The highest BCUT2D eigenvalue weighted by atomic mass is 31.2. The number of aromatic nitrogens is 3. The Hall–Kier alpha value is -5.29. The van der Waals surface area contributed by atoms with Crippen molar-refractivity contribution in [2.45, 2.75) is 92.3 Å². The van der Waals surface area contributed by atoms with E-state index in [2.05, 4.69) is 0 Å². The number of fused-ring (bicyclic) bond motifs is 4. The molecule has 58 heavy (non-hydrogen) atoms. The van der Waals surface area contributed by atoms with Crippen molar-refractivity contribution in [1.29, 1.82) is 0 Å². The van der Waals surface area contributed by atoms with E-state index in [4.69, 9.17) is 9.05 Å². The van der Waals surface area contributed by atoms with E-state index in [9.17, 15) is 33.3 Å². The van der Waals surface area contributed by atoms with Crippen LogP contribution in [0.15, 0.2) is 65.2 Å². The molecule has 0 unspecified atom stereocenters. The third-order valence-electron chi connectivity index (χ3n) is 12.7. The highest BCUT2D eigenvalue weighted by Crippen LogP contribution is 2.51. The van der Waals surface area contributed by atoms with Gasteiger partial charge < -0.3 is 9.05 Å². The normalized spacial score (nSPS) is 13.2. The predicted octanol–water partition coefficient (Wildman–Crippen LogP) is 8.05. The molecule has 0 aliphatic rings. The Labute approximate surface area is 330 Å². The first-order valence-corrected chi connectivity index (χ1v) is 22.2. The van der Waals surface area contributed by atoms with Gasteiger partial charge in [0.1, 0.15) is 0 Å². The van der Waals surface area contributed by atoms with Gasteiger partial charge in [0.25, 0.3) is 33.4 Å². The molecule has 0 saturated carbocycles. The monoisotopic (exact) mass is 801 g/mol. The second-order valence-corrected chi connectivity index (χ2v) is 17.6. The average molecular weight is 802 g/mol. The Morgan fingerprint density at radius 2 is 0.828 bits per heavy atom. The van der Waals surface area contributed by atoms with E-state index in [0.717, 1.165) is 4.57 Å². The van der Waals surface area contributed by atoms with Crippen molar-refractivity contribution in [3.63, 3.8) is 0 Å². The van der Waals surface area contributed by atoms with Gasteiger partial charge in [-0.15, -0.1) is 0 Å². The van der Waals surface area contributed by atoms with Crippen molar-refractivity contribution in [3.8, 4) is 0 Å². The summed E-state index contributed by atoms with van der Waals surface area (Å²) in [6.07, 6.45) is 2.35. The molecule has 6 aromatic carbocycles. The number of nitrogens with zero attached hydrogens (tertiary/aromatic N) is 3. The summed E-state index contributed by atoms with van der Waals surface area (Å²) >= 11 is 0. The maximum absolute atomic E-state index is 14.8. The van der Waals surface area contributed by atoms with Crippen LogP contribution in [0.2, 0.25) is 0 Å². The lowest BCUT2D eigenvalue weighted by Gasteiger charge is -2.23. The Morgan fingerprint density at radius 3 is 1.21 bits per heavy atom. The van der Waals surface area contributed by atoms with E-state index in [1.165, 1.54) is 9.13 Å². The Morgan fingerprint density at radius 1 is 0.466 bits per heavy atom. The molecule has 3 aromatic heterocycles. The van der Waals surface area contributed by atoms with Gasteiger partial charge in [0.15, 0.2) is 0 Å². The molecule has 9 aromatic rings. The van der Waals surface area contributed by atoms with Crippen LogP contribution in [0.4, 0.5) is 0 Å². The zero-order chi connectivity index (χ0) is 41.1. The van der Waals surface area contributed by atoms with Crippen LogP contribution < -0.4 is 33.4 Å². The fourth-order valence-corrected chi connectivity index (χ4v) is 11.8. The summed E-state index contributed by atoms with van der Waals surface area (Å²) in [5, 5.41) is 6.95. The lowest BCUT2D eigenvalue weighted by Crippen LogP contribution is -2.36. The van der Waals surface area contributed by atoms with E-state index in [1.807, 2.05) is 39.8 Å². The largest absolute Gasteiger partial charge is 0.330 e. The van der Waals surface area contributed by atoms with Crippen molar-refractivity contribution in [3.05, 3.63) is 98.5 Å². The standard InChI is InChI=1S/C45H44N3O9P/c1-7-22(8-2)47-40(49)26-16-14-24-25-15-17-27-33-31(43(52)48(41(27)50)23(9-3)10-4)21-29-37(35(25)33)36-28(20-30(42(47)51)32(26)34(24)36)38-39(29)45(54)46(44(38)53)18-13-19-58(55,56-11-5)57-12-6/h14-17,20-23H,7-13,18-19H2,1-6H3. The molecule has 0 saturated heterocycles. The van der Waals surface area contributed by atoms with Gasteiger partial charge in [0.05, 0.1) is 30.1 Å². The van der Waals surface area contributed by atoms with Crippen LogP contribution in [0.5, 0.6) is 0 Å². The Bertz CT molecular complexity index is 3300. The molecule has 13 heteroatoms. The third-order valence-corrected chi connectivity index (χ3v) is 14.9. The van der Waals surface area contributed by atoms with E-state index < -0.39 is 41.0 Å². The molecular formula is C45H44N3O9P. The second kappa shape index (κ2) is 13.6. The fraction of sp³-hybridized carbons (Fsp3) is 0.378. The SMILES string of the molecule is CCOP(=O)(CCCn1c(=O)c2c3cc4c(=O)n(C(CC)CC)c(=O)c5ccc6c7ccc8c(=O)n(C(CC)CC)c(=O)c9cc(c2c1=O)c(c7c89)c3c6c54)OCC. The zero-order valence-electron chi connectivity index (χ0n) is 33.4. The van der Waals surface area contributed by atoms with Gasteiger partial charge in [0.2, 0.25) is 0 Å². The van der Waals surface area contributed by atoms with Crippen molar-refractivity contribution < 1.29 is 13.6 Å². The first kappa shape index (κ1) is 38.2. The topological polar surface area (TPSA) is 153 Å². The first-order chi connectivity index (χ1) is 27.9. The van der Waals surface area contributed by atoms with Gasteiger partial charge in [-0.3, -0.25) is 47.0 Å². The van der Waals surface area contributed by atoms with Crippen LogP contribution in [0.3, 0.4) is 0 Å². The molecule has 12 nitrogen and oxygen atoms in total. The summed E-state index contributed by atoms with van der Waals surface area (Å²) in [7, 11) is -3.49. The molecule has 0 radical (unpaired) electrons. The minimum absolute atomic E-state index is 0.0196. The number of pyridine rings is 2. The first-order valence-electron chi connectivity index (χ1n) is 20.4. The van der Waals surface area contributed by atoms with Crippen LogP contribution in [0.25, 0.3) is 86.2 Å². The zero-order valence-corrected chi connectivity index (χ0v) is 34.3. The molecule has 0 N–H and O–H groups in total. The molecule has 0 aliphatic heterocycles. The van der Waals surface area contributed by atoms with Gasteiger partial charge in [-0.2, -0.15) is 0 Å². The third kappa shape index (κ3) is 4.91. The molecule has 298 valence electrons. The summed E-state index contributed by atoms with van der Waals surface area (Å²) in [6.45, 7) is 11.4. The summed E-state index contributed by atoms with van der Waals surface area (Å²) in [5.74, 6) is 0. The van der Waals surface area contributed by atoms with Crippen LogP contribution in [-0.2, 0) is 20.2 Å². The van der Waals surface area contributed by atoms with Gasteiger partial charge >= 0.3 is 7.60 Å². The predicted molar refractivity (Wildman–Crippen MR) is 234 cm³/mol. The van der Waals surface area contributed by atoms with E-state index >= 15 is 0 Å². The van der Waals surface area contributed by atoms with E-state index in [0.29, 0.717) is 90.3 Å². The smallest absolute Gasteiger partial charge is 0.309 e. The van der Waals surface area contributed by atoms with Gasteiger partial charge in [0, 0.05) is 50.9 Å². The summed E-state index contributed by atoms with van der Waals surface area (Å²) in [4.78, 5) is 87.4. The summed E-state index contributed by atoms with van der Waals surface area (Å²) in [5.41, 5.74) is -2.89. The average Bonchev–Trinajstić information content (AvgIpc) is 3.47. The van der Waals surface area contributed by atoms with Crippen molar-refractivity contribution in [2.24, 2.45) is 0 Å². The minimum atomic E-state index is -3.49. The maximum Gasteiger partial charge on any atom is 0.330 e. The van der Waals surface area contributed by atoms with Gasteiger partial charge in [-0.1, -0.05) is 39.8 Å². The van der Waals surface area contributed by atoms with E-state index in [-0.39, 0.29) is 66.0 Å². The molecule has 0 aliphatic carbocycles. The fourth-order valence-electron chi connectivity index (χ4n) is 10.1. The lowest BCUT2D eigenvalue weighted by atomic mass is 9.81. The van der Waals surface area contributed by atoms with Gasteiger partial charge in [-0.05, 0) is 113 Å². The minimum Gasteiger partial charge on any atom is -0.309 e. The molecule has 0 fully saturated rings. The molecule has 3 heterocycles. The van der Waals surface area contributed by atoms with Crippen LogP contribution in [0.1, 0.15) is 85.7 Å². The van der Waals surface area contributed by atoms with Crippen LogP contribution in [-0.4, -0.2) is 33.1 Å². The maximum atomic E-state index is 14.8. The van der Waals surface area contributed by atoms with Crippen molar-refractivity contribution in [1.82, 2.24) is 13.7 Å². The number of rotatable bonds is 14. The quantitative estimate of drug-likeness (QED) is 0.0604. The molecule has 0 atom stereocenters. The molecule has 9 rings (SSSR count). The summed E-state index contributed by atoms with van der Waals surface area (Å²) < 4.78 is 28.1. The molecule has 0 spiro atoms. The van der Waals surface area contributed by atoms with Crippen molar-refractivity contribution in [2.75, 3.05) is 19.4 Å². The lowest BCUT2D eigenvalue weighted by molar-refractivity contribution is 0.219. The Kier molecular flexibility index (Phi) is 9.00. The van der Waals surface area contributed by atoms with Crippen molar-refractivity contribution >= 4 is 93.8 Å². The molecule has 0 bridgehead atoms. The van der Waals surface area contributed by atoms with Crippen LogP contribution in [0, 0.1) is 0 Å². The van der Waals surface area contributed by atoms with Crippen LogP contribution >= 0.6 is 7.60 Å². The second-order valence-electron chi connectivity index (χ2n) is 15.5. The molecule has 0 amide bonds. The number of hydrogen-bond donors (Lipinski definition) is 0. The molecular weight excluding hydrogens is 757 g/mol. The Balaban J connectivity index is 1.52. The highest BCUT2D eigenvalue weighted by Gasteiger charge is 2.31. The van der Waals surface area contributed by atoms with Gasteiger partial charge in [-0.25, -0.2) is 0 Å². The number of hydrogen-bond acceptors (Lipinski definition) is 9.